The Balaban J connectivity index is 1.58. The Labute approximate surface area is 172 Å². The van der Waals surface area contributed by atoms with Crippen molar-refractivity contribution in [3.8, 4) is 0 Å². The lowest BCUT2D eigenvalue weighted by Crippen LogP contribution is -2.44. The quantitative estimate of drug-likeness (QED) is 0.530. The molecule has 2 amide bonds. The normalized spacial score (nSPS) is 22.0. The summed E-state index contributed by atoms with van der Waals surface area (Å²) >= 11 is 0. The molecule has 2 aliphatic heterocycles. The molecule has 1 aromatic carbocycles. The van der Waals surface area contributed by atoms with Crippen molar-refractivity contribution in [2.24, 2.45) is 17.6 Å². The van der Waals surface area contributed by atoms with Crippen molar-refractivity contribution >= 4 is 11.8 Å². The minimum absolute atomic E-state index is 0.0918. The standard InChI is InChI=1S/C20H26F3N3O4/c21-15-6-17(23)16(22)4-12(15)3-14(24)5-19(29)26-2-1-11-7-25(8-18(11)26)20(30)13(9-27)10-28/h4,6,11,13-14,18,27-28H,1-3,5,7-10,24H2/t11-,14+,18+/m0/s1. The highest BCUT2D eigenvalue weighted by Crippen LogP contribution is 2.32. The average Bonchev–Trinajstić information content (AvgIpc) is 3.27. The van der Waals surface area contributed by atoms with Gasteiger partial charge in [-0.15, -0.1) is 0 Å². The van der Waals surface area contributed by atoms with Gasteiger partial charge in [0.1, 0.15) is 5.82 Å². The Morgan fingerprint density at radius 3 is 2.43 bits per heavy atom. The van der Waals surface area contributed by atoms with E-state index in [9.17, 15) is 33.0 Å². The van der Waals surface area contributed by atoms with E-state index < -0.39 is 42.6 Å². The van der Waals surface area contributed by atoms with Crippen LogP contribution in [0.4, 0.5) is 13.2 Å². The average molecular weight is 429 g/mol. The summed E-state index contributed by atoms with van der Waals surface area (Å²) in [5, 5.41) is 18.4. The molecule has 0 aliphatic carbocycles. The number of hydrogen-bond acceptors (Lipinski definition) is 5. The number of aliphatic hydroxyl groups is 2. The maximum atomic E-state index is 13.8. The number of nitrogens with zero attached hydrogens (tertiary/aromatic N) is 2. The Kier molecular flexibility index (Phi) is 6.99. The number of aliphatic hydroxyl groups excluding tert-OH is 2. The van der Waals surface area contributed by atoms with E-state index in [1.165, 1.54) is 0 Å². The molecule has 0 bridgehead atoms. The topological polar surface area (TPSA) is 107 Å². The third kappa shape index (κ3) is 4.60. The summed E-state index contributed by atoms with van der Waals surface area (Å²) in [6.45, 7) is 0.402. The molecule has 3 rings (SSSR count). The molecule has 0 unspecified atom stereocenters. The molecule has 30 heavy (non-hydrogen) atoms. The van der Waals surface area contributed by atoms with E-state index in [0.29, 0.717) is 25.7 Å². The number of carbonyl (C=O) groups is 2. The van der Waals surface area contributed by atoms with Gasteiger partial charge in [-0.1, -0.05) is 0 Å². The number of likely N-dealkylation sites (tertiary alicyclic amines) is 2. The second-order valence-electron chi connectivity index (χ2n) is 8.03. The largest absolute Gasteiger partial charge is 0.395 e. The summed E-state index contributed by atoms with van der Waals surface area (Å²) < 4.78 is 40.2. The highest BCUT2D eigenvalue weighted by molar-refractivity contribution is 5.80. The maximum Gasteiger partial charge on any atom is 0.230 e. The van der Waals surface area contributed by atoms with Crippen molar-refractivity contribution in [2.75, 3.05) is 32.8 Å². The van der Waals surface area contributed by atoms with E-state index in [4.69, 9.17) is 5.73 Å². The Bertz CT molecular complexity index is 806. The first-order valence-electron chi connectivity index (χ1n) is 9.94. The molecule has 7 nitrogen and oxygen atoms in total. The second kappa shape index (κ2) is 9.32. The minimum Gasteiger partial charge on any atom is -0.395 e. The van der Waals surface area contributed by atoms with E-state index in [0.717, 1.165) is 12.5 Å². The molecule has 0 saturated carbocycles. The van der Waals surface area contributed by atoms with Gasteiger partial charge in [-0.3, -0.25) is 9.59 Å². The summed E-state index contributed by atoms with van der Waals surface area (Å²) in [6.07, 6.45) is 0.512. The number of halogens is 3. The molecule has 4 N–H and O–H groups in total. The van der Waals surface area contributed by atoms with Crippen LogP contribution in [0.3, 0.4) is 0 Å². The molecule has 2 fully saturated rings. The molecule has 1 aromatic rings. The maximum absolute atomic E-state index is 13.8. The first kappa shape index (κ1) is 22.5. The highest BCUT2D eigenvalue weighted by Gasteiger charge is 2.45. The van der Waals surface area contributed by atoms with Crippen molar-refractivity contribution in [2.45, 2.75) is 31.3 Å². The van der Waals surface area contributed by atoms with Crippen LogP contribution in [0.5, 0.6) is 0 Å². The predicted octanol–water partition coefficient (Wildman–Crippen LogP) is 0.0239. The van der Waals surface area contributed by atoms with Crippen LogP contribution in [0.1, 0.15) is 18.4 Å². The van der Waals surface area contributed by atoms with Gasteiger partial charge in [0.25, 0.3) is 0 Å². The first-order valence-corrected chi connectivity index (χ1v) is 9.94. The minimum atomic E-state index is -1.28. The zero-order valence-electron chi connectivity index (χ0n) is 16.4. The van der Waals surface area contributed by atoms with Crippen LogP contribution >= 0.6 is 0 Å². The summed E-state index contributed by atoms with van der Waals surface area (Å²) in [7, 11) is 0. The fraction of sp³-hybridized carbons (Fsp3) is 0.600. The van der Waals surface area contributed by atoms with Crippen LogP contribution in [-0.2, 0) is 16.0 Å². The number of nitrogens with two attached hydrogens (primary N) is 1. The van der Waals surface area contributed by atoms with Gasteiger partial charge in [0, 0.05) is 44.1 Å². The molecule has 10 heteroatoms. The molecule has 166 valence electrons. The molecule has 0 radical (unpaired) electrons. The molecule has 2 aliphatic rings. The zero-order valence-corrected chi connectivity index (χ0v) is 16.4. The van der Waals surface area contributed by atoms with E-state index in [-0.39, 0.29) is 42.2 Å². The van der Waals surface area contributed by atoms with Gasteiger partial charge in [0.15, 0.2) is 11.6 Å². The Morgan fingerprint density at radius 1 is 1.10 bits per heavy atom. The van der Waals surface area contributed by atoms with Gasteiger partial charge >= 0.3 is 0 Å². The lowest BCUT2D eigenvalue weighted by molar-refractivity contribution is -0.139. The van der Waals surface area contributed by atoms with Gasteiger partial charge in [-0.25, -0.2) is 13.2 Å². The smallest absolute Gasteiger partial charge is 0.230 e. The lowest BCUT2D eigenvalue weighted by atomic mass is 10.0. The third-order valence-electron chi connectivity index (χ3n) is 5.98. The number of fused-ring (bicyclic) bond motifs is 1. The van der Waals surface area contributed by atoms with Crippen molar-refractivity contribution in [1.29, 1.82) is 0 Å². The van der Waals surface area contributed by atoms with E-state index in [1.54, 1.807) is 9.80 Å². The third-order valence-corrected chi connectivity index (χ3v) is 5.98. The van der Waals surface area contributed by atoms with E-state index >= 15 is 0 Å². The summed E-state index contributed by atoms with van der Waals surface area (Å²) in [4.78, 5) is 28.3. The summed E-state index contributed by atoms with van der Waals surface area (Å²) in [5.41, 5.74) is 5.88. The Morgan fingerprint density at radius 2 is 1.77 bits per heavy atom. The van der Waals surface area contributed by atoms with Crippen LogP contribution < -0.4 is 5.73 Å². The van der Waals surface area contributed by atoms with Crippen molar-refractivity contribution in [3.05, 3.63) is 35.1 Å². The number of hydrogen-bond donors (Lipinski definition) is 3. The molecule has 2 heterocycles. The van der Waals surface area contributed by atoms with Gasteiger partial charge < -0.3 is 25.7 Å². The van der Waals surface area contributed by atoms with Gasteiger partial charge in [-0.2, -0.15) is 0 Å². The summed E-state index contributed by atoms with van der Waals surface area (Å²) in [6, 6.07) is 0.260. The predicted molar refractivity (Wildman–Crippen MR) is 100 cm³/mol. The van der Waals surface area contributed by atoms with Crippen molar-refractivity contribution in [1.82, 2.24) is 9.80 Å². The fourth-order valence-electron chi connectivity index (χ4n) is 4.34. The summed E-state index contributed by atoms with van der Waals surface area (Å²) in [5.74, 6) is -4.71. The number of benzene rings is 1. The lowest BCUT2D eigenvalue weighted by Gasteiger charge is -2.27. The monoisotopic (exact) mass is 429 g/mol. The second-order valence-corrected chi connectivity index (χ2v) is 8.03. The van der Waals surface area contributed by atoms with Gasteiger partial charge in [0.2, 0.25) is 11.8 Å². The van der Waals surface area contributed by atoms with Crippen LogP contribution in [0.15, 0.2) is 12.1 Å². The van der Waals surface area contributed by atoms with E-state index in [2.05, 4.69) is 0 Å². The van der Waals surface area contributed by atoms with Crippen molar-refractivity contribution in [3.63, 3.8) is 0 Å². The highest BCUT2D eigenvalue weighted by atomic mass is 19.2. The van der Waals surface area contributed by atoms with E-state index in [1.807, 2.05) is 0 Å². The molecule has 0 spiro atoms. The van der Waals surface area contributed by atoms with Crippen LogP contribution in [0.2, 0.25) is 0 Å². The molecule has 0 aromatic heterocycles. The molecular weight excluding hydrogens is 403 g/mol. The van der Waals surface area contributed by atoms with Gasteiger partial charge in [-0.05, 0) is 24.5 Å². The zero-order chi connectivity index (χ0) is 22.0. The van der Waals surface area contributed by atoms with Crippen LogP contribution in [0.25, 0.3) is 0 Å². The first-order chi connectivity index (χ1) is 14.2. The van der Waals surface area contributed by atoms with Crippen LogP contribution in [-0.4, -0.2) is 76.8 Å². The molecular formula is C20H26F3N3O4. The number of amides is 2. The molecule has 3 atom stereocenters. The van der Waals surface area contributed by atoms with Gasteiger partial charge in [0.05, 0.1) is 25.2 Å². The van der Waals surface area contributed by atoms with Crippen LogP contribution in [0, 0.1) is 29.3 Å². The fourth-order valence-corrected chi connectivity index (χ4v) is 4.34. The SMILES string of the molecule is N[C@@H](CC(=O)N1CC[C@H]2CN(C(=O)C(CO)CO)C[C@H]21)Cc1cc(F)c(F)cc1F. The number of carbonyl (C=O) groups excluding carboxylic acids is 2. The molecule has 2 saturated heterocycles. The Hall–Kier alpha value is -2.17. The number of rotatable bonds is 7. The van der Waals surface area contributed by atoms with Crippen molar-refractivity contribution < 1.29 is 33.0 Å².